The van der Waals surface area contributed by atoms with Crippen molar-refractivity contribution in [3.63, 3.8) is 0 Å². The highest BCUT2D eigenvalue weighted by Gasteiger charge is 2.14. The lowest BCUT2D eigenvalue weighted by Gasteiger charge is -2.14. The van der Waals surface area contributed by atoms with Crippen molar-refractivity contribution in [1.82, 2.24) is 20.4 Å². The average Bonchev–Trinajstić information content (AvgIpc) is 2.65. The molecule has 1 heterocycles. The van der Waals surface area contributed by atoms with Crippen LogP contribution in [0.3, 0.4) is 0 Å². The molecule has 0 saturated carbocycles. The summed E-state index contributed by atoms with van der Waals surface area (Å²) >= 11 is 0. The normalized spacial score (nSPS) is 12.4. The van der Waals surface area contributed by atoms with Gasteiger partial charge in [0.2, 0.25) is 5.91 Å². The van der Waals surface area contributed by atoms with E-state index >= 15 is 0 Å². The van der Waals surface area contributed by atoms with E-state index in [0.717, 1.165) is 23.4 Å². The molecule has 20 heavy (non-hydrogen) atoms. The van der Waals surface area contributed by atoms with Crippen LogP contribution in [-0.4, -0.2) is 42.0 Å². The molecule has 1 unspecified atom stereocenters. The van der Waals surface area contributed by atoms with Gasteiger partial charge < -0.3 is 15.4 Å². The molecule has 1 atom stereocenters. The van der Waals surface area contributed by atoms with E-state index in [0.29, 0.717) is 19.7 Å². The Hall–Kier alpha value is -1.40. The molecule has 6 nitrogen and oxygen atoms in total. The number of ether oxygens (including phenoxy) is 1. The molecule has 2 N–H and O–H groups in total. The predicted molar refractivity (Wildman–Crippen MR) is 78.5 cm³/mol. The molecule has 1 amide bonds. The summed E-state index contributed by atoms with van der Waals surface area (Å²) in [5, 5.41) is 10.5. The number of nitrogens with one attached hydrogen (secondary N) is 2. The number of methoxy groups -OCH3 is 1. The first-order valence-electron chi connectivity index (χ1n) is 6.96. The van der Waals surface area contributed by atoms with E-state index < -0.39 is 0 Å². The first kappa shape index (κ1) is 16.7. The van der Waals surface area contributed by atoms with Crippen molar-refractivity contribution < 1.29 is 9.53 Å². The number of carbonyl (C=O) groups excluding carboxylic acids is 1. The molecule has 0 fully saturated rings. The molecule has 0 saturated heterocycles. The summed E-state index contributed by atoms with van der Waals surface area (Å²) in [4.78, 5) is 11.9. The van der Waals surface area contributed by atoms with E-state index in [1.807, 2.05) is 32.5 Å². The number of amides is 1. The van der Waals surface area contributed by atoms with E-state index in [1.165, 1.54) is 0 Å². The zero-order chi connectivity index (χ0) is 15.1. The maximum absolute atomic E-state index is 11.9. The van der Waals surface area contributed by atoms with Crippen LogP contribution in [0.25, 0.3) is 0 Å². The number of hydrogen-bond acceptors (Lipinski definition) is 4. The SMILES string of the molecule is COCCCNC(=O)C(C)NCc1c(C)nn(C)c1C. The molecule has 0 aliphatic carbocycles. The minimum Gasteiger partial charge on any atom is -0.385 e. The highest BCUT2D eigenvalue weighted by Crippen LogP contribution is 2.11. The minimum absolute atomic E-state index is 0.0142. The van der Waals surface area contributed by atoms with Crippen LogP contribution in [0.5, 0.6) is 0 Å². The smallest absolute Gasteiger partial charge is 0.236 e. The molecule has 1 aromatic rings. The first-order chi connectivity index (χ1) is 9.47. The van der Waals surface area contributed by atoms with Crippen molar-refractivity contribution in [3.05, 3.63) is 17.0 Å². The molecular formula is C14H26N4O2. The highest BCUT2D eigenvalue weighted by atomic mass is 16.5. The monoisotopic (exact) mass is 282 g/mol. The summed E-state index contributed by atoms with van der Waals surface area (Å²) < 4.78 is 6.80. The van der Waals surface area contributed by atoms with Gasteiger partial charge in [-0.3, -0.25) is 9.48 Å². The van der Waals surface area contributed by atoms with Gasteiger partial charge in [-0.2, -0.15) is 5.10 Å². The van der Waals surface area contributed by atoms with E-state index in [9.17, 15) is 4.79 Å². The van der Waals surface area contributed by atoms with Gasteiger partial charge in [-0.05, 0) is 27.2 Å². The van der Waals surface area contributed by atoms with Gasteiger partial charge in [0, 0.05) is 45.1 Å². The largest absolute Gasteiger partial charge is 0.385 e. The third-order valence-electron chi connectivity index (χ3n) is 3.46. The maximum Gasteiger partial charge on any atom is 0.236 e. The summed E-state index contributed by atoms with van der Waals surface area (Å²) in [7, 11) is 3.59. The number of hydrogen-bond donors (Lipinski definition) is 2. The molecule has 1 rings (SSSR count). The van der Waals surface area contributed by atoms with Crippen LogP contribution in [0.4, 0.5) is 0 Å². The second-order valence-electron chi connectivity index (χ2n) is 5.01. The van der Waals surface area contributed by atoms with Crippen LogP contribution in [0, 0.1) is 13.8 Å². The Balaban J connectivity index is 2.38. The van der Waals surface area contributed by atoms with Gasteiger partial charge in [-0.1, -0.05) is 0 Å². The third kappa shape index (κ3) is 4.61. The fourth-order valence-corrected chi connectivity index (χ4v) is 2.00. The van der Waals surface area contributed by atoms with Gasteiger partial charge in [0.05, 0.1) is 11.7 Å². The quantitative estimate of drug-likeness (QED) is 0.688. The standard InChI is InChI=1S/C14H26N4O2/c1-10-13(12(3)18(4)17-10)9-16-11(2)14(19)15-7-6-8-20-5/h11,16H,6-9H2,1-5H3,(H,15,19). The van der Waals surface area contributed by atoms with Gasteiger partial charge >= 0.3 is 0 Å². The zero-order valence-electron chi connectivity index (χ0n) is 13.1. The van der Waals surface area contributed by atoms with Crippen LogP contribution in [0.2, 0.25) is 0 Å². The lowest BCUT2D eigenvalue weighted by molar-refractivity contribution is -0.122. The van der Waals surface area contributed by atoms with Gasteiger partial charge in [0.25, 0.3) is 0 Å². The van der Waals surface area contributed by atoms with Gasteiger partial charge in [-0.25, -0.2) is 0 Å². The maximum atomic E-state index is 11.9. The topological polar surface area (TPSA) is 68.2 Å². The summed E-state index contributed by atoms with van der Waals surface area (Å²) in [6.07, 6.45) is 0.829. The second-order valence-corrected chi connectivity index (χ2v) is 5.01. The molecule has 114 valence electrons. The Morgan fingerprint density at radius 3 is 2.70 bits per heavy atom. The van der Waals surface area contributed by atoms with E-state index in [-0.39, 0.29) is 11.9 Å². The Kier molecular flexibility index (Phi) is 6.67. The molecule has 0 bridgehead atoms. The van der Waals surface area contributed by atoms with Crippen LogP contribution in [-0.2, 0) is 23.1 Å². The minimum atomic E-state index is -0.225. The third-order valence-corrected chi connectivity index (χ3v) is 3.46. The fourth-order valence-electron chi connectivity index (χ4n) is 2.00. The molecule has 0 aliphatic rings. The number of rotatable bonds is 8. The molecule has 0 aliphatic heterocycles. The van der Waals surface area contributed by atoms with Crippen molar-refractivity contribution in [1.29, 1.82) is 0 Å². The van der Waals surface area contributed by atoms with Gasteiger partial charge in [-0.15, -0.1) is 0 Å². The van der Waals surface area contributed by atoms with E-state index in [4.69, 9.17) is 4.74 Å². The Morgan fingerprint density at radius 2 is 2.15 bits per heavy atom. The molecule has 1 aromatic heterocycles. The highest BCUT2D eigenvalue weighted by molar-refractivity contribution is 5.81. The van der Waals surface area contributed by atoms with Crippen LogP contribution >= 0.6 is 0 Å². The molecule has 0 radical (unpaired) electrons. The Morgan fingerprint density at radius 1 is 1.45 bits per heavy atom. The van der Waals surface area contributed by atoms with Gasteiger partial charge in [0.15, 0.2) is 0 Å². The van der Waals surface area contributed by atoms with Crippen molar-refractivity contribution in [2.75, 3.05) is 20.3 Å². The lowest BCUT2D eigenvalue weighted by atomic mass is 10.2. The summed E-state index contributed by atoms with van der Waals surface area (Å²) in [5.41, 5.74) is 3.29. The molecule has 0 spiro atoms. The fraction of sp³-hybridized carbons (Fsp3) is 0.714. The summed E-state index contributed by atoms with van der Waals surface area (Å²) in [5.74, 6) is 0.0142. The molecular weight excluding hydrogens is 256 g/mol. The van der Waals surface area contributed by atoms with Crippen molar-refractivity contribution in [2.45, 2.75) is 39.8 Å². The van der Waals surface area contributed by atoms with Crippen LogP contribution in [0.1, 0.15) is 30.3 Å². The summed E-state index contributed by atoms with van der Waals surface area (Å²) in [6.45, 7) is 7.84. The van der Waals surface area contributed by atoms with Crippen molar-refractivity contribution in [3.8, 4) is 0 Å². The van der Waals surface area contributed by atoms with Crippen molar-refractivity contribution >= 4 is 5.91 Å². The second kappa shape index (κ2) is 8.01. The summed E-state index contributed by atoms with van der Waals surface area (Å²) in [6, 6.07) is -0.225. The lowest BCUT2D eigenvalue weighted by Crippen LogP contribution is -2.42. The predicted octanol–water partition coefficient (Wildman–Crippen LogP) is 0.668. The number of nitrogens with zero attached hydrogens (tertiary/aromatic N) is 2. The molecule has 0 aromatic carbocycles. The van der Waals surface area contributed by atoms with Crippen LogP contribution < -0.4 is 10.6 Å². The van der Waals surface area contributed by atoms with Gasteiger partial charge in [0.1, 0.15) is 0 Å². The molecule has 6 heteroatoms. The van der Waals surface area contributed by atoms with Crippen LogP contribution in [0.15, 0.2) is 0 Å². The van der Waals surface area contributed by atoms with E-state index in [2.05, 4.69) is 15.7 Å². The Labute approximate surface area is 120 Å². The average molecular weight is 282 g/mol. The first-order valence-corrected chi connectivity index (χ1v) is 6.96. The Bertz CT molecular complexity index is 443. The van der Waals surface area contributed by atoms with E-state index in [1.54, 1.807) is 7.11 Å². The zero-order valence-corrected chi connectivity index (χ0v) is 13.1. The number of aryl methyl sites for hydroxylation is 2. The number of carbonyl (C=O) groups is 1. The van der Waals surface area contributed by atoms with Crippen molar-refractivity contribution in [2.24, 2.45) is 7.05 Å². The number of aromatic nitrogens is 2.